The Balaban J connectivity index is 2.21. The maximum atomic E-state index is 11.5. The molecule has 0 fully saturated rings. The second-order valence-electron chi connectivity index (χ2n) is 3.46. The van der Waals surface area contributed by atoms with Crippen LogP contribution in [-0.2, 0) is 16.0 Å². The Bertz CT molecular complexity index is 360. The number of amides is 1. The number of ether oxygens (including phenoxy) is 1. The average molecular weight is 321 g/mol. The number of hydrogen-bond donors (Lipinski definition) is 1. The van der Waals surface area contributed by atoms with Crippen molar-refractivity contribution in [1.82, 2.24) is 5.32 Å². The average Bonchev–Trinajstić information content (AvgIpc) is 2.29. The molecule has 5 heteroatoms. The van der Waals surface area contributed by atoms with Gasteiger partial charge in [0.25, 0.3) is 0 Å². The summed E-state index contributed by atoms with van der Waals surface area (Å²) < 4.78 is 6.13. The van der Waals surface area contributed by atoms with Gasteiger partial charge in [0.2, 0.25) is 5.91 Å². The predicted octanol–water partition coefficient (Wildman–Crippen LogP) is 2.36. The molecule has 0 saturated carbocycles. The molecule has 0 unspecified atom stereocenters. The Labute approximate surface area is 115 Å². The summed E-state index contributed by atoms with van der Waals surface area (Å²) in [5.74, 6) is 0.476. The van der Waals surface area contributed by atoms with Gasteiger partial charge in [-0.2, -0.15) is 0 Å². The molecule has 0 spiro atoms. The summed E-state index contributed by atoms with van der Waals surface area (Å²) in [4.78, 5) is 11.5. The first-order valence-electron chi connectivity index (χ1n) is 5.37. The van der Waals surface area contributed by atoms with Crippen LogP contribution in [0.5, 0.6) is 0 Å². The van der Waals surface area contributed by atoms with Crippen molar-refractivity contribution in [2.45, 2.75) is 6.42 Å². The molecule has 0 atom stereocenters. The van der Waals surface area contributed by atoms with Gasteiger partial charge in [0.05, 0.1) is 19.6 Å². The summed E-state index contributed by atoms with van der Waals surface area (Å²) in [6.45, 7) is 1.53. The summed E-state index contributed by atoms with van der Waals surface area (Å²) in [7, 11) is 0. The first-order valence-corrected chi connectivity index (χ1v) is 6.70. The van der Waals surface area contributed by atoms with E-state index in [0.29, 0.717) is 32.1 Å². The van der Waals surface area contributed by atoms with Crippen molar-refractivity contribution in [3.63, 3.8) is 0 Å². The molecule has 0 aliphatic rings. The van der Waals surface area contributed by atoms with Crippen LogP contribution >= 0.6 is 27.5 Å². The third-order valence-corrected chi connectivity index (χ3v) is 2.69. The lowest BCUT2D eigenvalue weighted by molar-refractivity contribution is -0.120. The van der Waals surface area contributed by atoms with E-state index in [-0.39, 0.29) is 5.91 Å². The number of alkyl halides is 1. The van der Waals surface area contributed by atoms with E-state index < -0.39 is 0 Å². The van der Waals surface area contributed by atoms with E-state index in [1.807, 2.05) is 24.3 Å². The number of rotatable bonds is 7. The SMILES string of the molecule is O=C(Cc1cccc(Br)c1)NCCOCCCl. The molecule has 1 N–H and O–H groups in total. The van der Waals surface area contributed by atoms with Crippen LogP contribution in [-0.4, -0.2) is 31.5 Å². The van der Waals surface area contributed by atoms with Gasteiger partial charge >= 0.3 is 0 Å². The second-order valence-corrected chi connectivity index (χ2v) is 4.75. The molecule has 0 heterocycles. The van der Waals surface area contributed by atoms with Crippen molar-refractivity contribution in [2.24, 2.45) is 0 Å². The largest absolute Gasteiger partial charge is 0.378 e. The minimum Gasteiger partial charge on any atom is -0.378 e. The lowest BCUT2D eigenvalue weighted by Crippen LogP contribution is -2.28. The molecule has 0 bridgehead atoms. The standard InChI is InChI=1S/C12H15BrClNO2/c13-11-3-1-2-10(8-11)9-12(16)15-5-7-17-6-4-14/h1-3,8H,4-7,9H2,(H,15,16). The van der Waals surface area contributed by atoms with Gasteiger partial charge in [-0.1, -0.05) is 28.1 Å². The predicted molar refractivity (Wildman–Crippen MR) is 72.4 cm³/mol. The zero-order valence-electron chi connectivity index (χ0n) is 9.42. The Kier molecular flexibility index (Phi) is 7.24. The van der Waals surface area contributed by atoms with Crippen LogP contribution in [0.3, 0.4) is 0 Å². The maximum Gasteiger partial charge on any atom is 0.224 e. The van der Waals surface area contributed by atoms with Crippen LogP contribution in [0.25, 0.3) is 0 Å². The number of carbonyl (C=O) groups is 1. The maximum absolute atomic E-state index is 11.5. The molecule has 1 aromatic carbocycles. The van der Waals surface area contributed by atoms with Gasteiger partial charge in [-0.15, -0.1) is 11.6 Å². The summed E-state index contributed by atoms with van der Waals surface area (Å²) in [6, 6.07) is 7.70. The van der Waals surface area contributed by atoms with Crippen molar-refractivity contribution >= 4 is 33.4 Å². The van der Waals surface area contributed by atoms with E-state index in [9.17, 15) is 4.79 Å². The van der Waals surface area contributed by atoms with Gasteiger partial charge in [0, 0.05) is 16.9 Å². The molecule has 1 amide bonds. The zero-order chi connectivity index (χ0) is 12.5. The monoisotopic (exact) mass is 319 g/mol. The molecular weight excluding hydrogens is 305 g/mol. The first kappa shape index (κ1) is 14.5. The molecule has 0 aliphatic heterocycles. The minimum absolute atomic E-state index is 0.00225. The van der Waals surface area contributed by atoms with Crippen LogP contribution < -0.4 is 5.32 Å². The molecule has 1 rings (SSSR count). The van der Waals surface area contributed by atoms with Crippen LogP contribution in [0.1, 0.15) is 5.56 Å². The molecule has 1 aromatic rings. The normalized spacial score (nSPS) is 10.2. The van der Waals surface area contributed by atoms with Gasteiger partial charge in [0.1, 0.15) is 0 Å². The topological polar surface area (TPSA) is 38.3 Å². The summed E-state index contributed by atoms with van der Waals surface area (Å²) in [5.41, 5.74) is 0.985. The smallest absolute Gasteiger partial charge is 0.224 e. The number of hydrogen-bond acceptors (Lipinski definition) is 2. The Morgan fingerprint density at radius 2 is 2.24 bits per heavy atom. The fourth-order valence-electron chi connectivity index (χ4n) is 1.31. The van der Waals surface area contributed by atoms with Crippen LogP contribution in [0.15, 0.2) is 28.7 Å². The highest BCUT2D eigenvalue weighted by molar-refractivity contribution is 9.10. The zero-order valence-corrected chi connectivity index (χ0v) is 11.8. The van der Waals surface area contributed by atoms with Crippen molar-refractivity contribution in [2.75, 3.05) is 25.6 Å². The Morgan fingerprint density at radius 3 is 2.94 bits per heavy atom. The van der Waals surface area contributed by atoms with E-state index >= 15 is 0 Å². The number of benzene rings is 1. The molecule has 0 aromatic heterocycles. The van der Waals surface area contributed by atoms with E-state index in [0.717, 1.165) is 10.0 Å². The van der Waals surface area contributed by atoms with Crippen LogP contribution in [0.2, 0.25) is 0 Å². The summed E-state index contributed by atoms with van der Waals surface area (Å²) >= 11 is 8.82. The quantitative estimate of drug-likeness (QED) is 0.619. The lowest BCUT2D eigenvalue weighted by Gasteiger charge is -2.06. The summed E-state index contributed by atoms with van der Waals surface area (Å²) in [6.07, 6.45) is 0.384. The van der Waals surface area contributed by atoms with Crippen molar-refractivity contribution in [1.29, 1.82) is 0 Å². The molecule has 0 radical (unpaired) electrons. The van der Waals surface area contributed by atoms with Gasteiger partial charge in [-0.05, 0) is 17.7 Å². The highest BCUT2D eigenvalue weighted by Gasteiger charge is 2.02. The molecular formula is C12H15BrClNO2. The number of nitrogens with one attached hydrogen (secondary N) is 1. The third kappa shape index (κ3) is 6.66. The third-order valence-electron chi connectivity index (χ3n) is 2.04. The van der Waals surface area contributed by atoms with E-state index in [1.54, 1.807) is 0 Å². The molecule has 3 nitrogen and oxygen atoms in total. The van der Waals surface area contributed by atoms with Crippen LogP contribution in [0, 0.1) is 0 Å². The second kappa shape index (κ2) is 8.50. The van der Waals surface area contributed by atoms with Crippen LogP contribution in [0.4, 0.5) is 0 Å². The van der Waals surface area contributed by atoms with E-state index in [4.69, 9.17) is 16.3 Å². The number of carbonyl (C=O) groups excluding carboxylic acids is 1. The van der Waals surface area contributed by atoms with Crippen molar-refractivity contribution < 1.29 is 9.53 Å². The lowest BCUT2D eigenvalue weighted by atomic mass is 10.1. The van der Waals surface area contributed by atoms with Crippen molar-refractivity contribution in [3.05, 3.63) is 34.3 Å². The van der Waals surface area contributed by atoms with E-state index in [2.05, 4.69) is 21.2 Å². The van der Waals surface area contributed by atoms with E-state index in [1.165, 1.54) is 0 Å². The summed E-state index contributed by atoms with van der Waals surface area (Å²) in [5, 5.41) is 2.79. The molecule has 0 saturated heterocycles. The van der Waals surface area contributed by atoms with Gasteiger partial charge in [-0.25, -0.2) is 0 Å². The highest BCUT2D eigenvalue weighted by atomic mass is 79.9. The fraction of sp³-hybridized carbons (Fsp3) is 0.417. The Hall–Kier alpha value is -0.580. The fourth-order valence-corrected chi connectivity index (χ4v) is 1.87. The molecule has 17 heavy (non-hydrogen) atoms. The molecule has 0 aliphatic carbocycles. The first-order chi connectivity index (χ1) is 8.22. The van der Waals surface area contributed by atoms with Gasteiger partial charge < -0.3 is 10.1 Å². The number of halogens is 2. The van der Waals surface area contributed by atoms with Gasteiger partial charge in [-0.3, -0.25) is 4.79 Å². The highest BCUT2D eigenvalue weighted by Crippen LogP contribution is 2.11. The Morgan fingerprint density at radius 1 is 1.41 bits per heavy atom. The van der Waals surface area contributed by atoms with Crippen molar-refractivity contribution in [3.8, 4) is 0 Å². The molecule has 94 valence electrons. The minimum atomic E-state index is -0.00225. The van der Waals surface area contributed by atoms with Gasteiger partial charge in [0.15, 0.2) is 0 Å².